The van der Waals surface area contributed by atoms with Gasteiger partial charge in [-0.15, -0.1) is 0 Å². The number of Topliss-reactive ketones (excluding diaryl/α,β-unsaturated/α-hetero) is 2. The zero-order valence-electron chi connectivity index (χ0n) is 20.7. The molecule has 8 nitrogen and oxygen atoms in total. The summed E-state index contributed by atoms with van der Waals surface area (Å²) in [7, 11) is 0. The predicted molar refractivity (Wildman–Crippen MR) is 138 cm³/mol. The van der Waals surface area contributed by atoms with E-state index in [0.717, 1.165) is 23.1 Å². The highest BCUT2D eigenvalue weighted by atomic mass is 16.1. The summed E-state index contributed by atoms with van der Waals surface area (Å²) in [6.07, 6.45) is 2.24. The molecule has 0 aliphatic heterocycles. The number of hydrogen-bond donors (Lipinski definition) is 5. The highest BCUT2D eigenvalue weighted by molar-refractivity contribution is 6.51. The first-order chi connectivity index (χ1) is 16.1. The Balaban J connectivity index is 2.21. The molecule has 3 atom stereocenters. The minimum Gasteiger partial charge on any atom is -0.384 e. The molecule has 0 aliphatic rings. The number of ketones is 2. The molecule has 8 heteroatoms. The predicted octanol–water partition coefficient (Wildman–Crippen LogP) is 3.70. The molecule has 1 aromatic carbocycles. The lowest BCUT2D eigenvalue weighted by Crippen LogP contribution is -2.39. The third-order valence-electron chi connectivity index (χ3n) is 6.67. The molecule has 184 valence electrons. The molecule has 1 aromatic heterocycles. The van der Waals surface area contributed by atoms with Crippen molar-refractivity contribution in [3.05, 3.63) is 35.5 Å². The standard InChI is InChI=1S/C26H38N6O2/c1-5-16(22(28)25(34)20(6-2)23(29)24(33)15(4)14-27)10-11-19-12-17-8-9-18(26(30)31)13-21(17)32(19)7-3/h8-9,12-13,15-16,20,28-29H,5-7,10-11,14,27H2,1-4H3,(H3,30,31)/t15?,16-,20+/m0/s1. The SMILES string of the molecule is CC[C@@H](CCc1cc2ccc(C(=N)N)cc2n1CC)C(=N)C(=O)[C@H](CC)C(=N)C(=O)C(C)CN. The smallest absolute Gasteiger partial charge is 0.185 e. The number of nitrogens with two attached hydrogens (primary N) is 2. The molecule has 1 heterocycles. The molecule has 1 unspecified atom stereocenters. The molecule has 0 radical (unpaired) electrons. The number of carbonyl (C=O) groups is 2. The average molecular weight is 467 g/mol. The maximum Gasteiger partial charge on any atom is 0.185 e. The van der Waals surface area contributed by atoms with E-state index < -0.39 is 23.4 Å². The molecule has 0 saturated carbocycles. The lowest BCUT2D eigenvalue weighted by atomic mass is 9.82. The molecule has 2 rings (SSSR count). The Morgan fingerprint density at radius 1 is 1.00 bits per heavy atom. The number of aromatic nitrogens is 1. The number of rotatable bonds is 14. The largest absolute Gasteiger partial charge is 0.384 e. The average Bonchev–Trinajstić information content (AvgIpc) is 3.19. The van der Waals surface area contributed by atoms with Gasteiger partial charge in [0, 0.05) is 41.7 Å². The summed E-state index contributed by atoms with van der Waals surface area (Å²) in [5.41, 5.74) is 13.8. The fraction of sp³-hybridized carbons (Fsp3) is 0.500. The van der Waals surface area contributed by atoms with E-state index in [9.17, 15) is 9.59 Å². The summed E-state index contributed by atoms with van der Waals surface area (Å²) in [6.45, 7) is 8.31. The van der Waals surface area contributed by atoms with Crippen molar-refractivity contribution in [1.82, 2.24) is 4.57 Å². The molecule has 0 spiro atoms. The van der Waals surface area contributed by atoms with Crippen LogP contribution < -0.4 is 11.5 Å². The van der Waals surface area contributed by atoms with Gasteiger partial charge < -0.3 is 26.9 Å². The molecule has 2 aromatic rings. The van der Waals surface area contributed by atoms with Gasteiger partial charge in [-0.05, 0) is 50.1 Å². The topological polar surface area (TPSA) is 163 Å². The summed E-state index contributed by atoms with van der Waals surface area (Å²) in [5, 5.41) is 25.6. The second-order valence-electron chi connectivity index (χ2n) is 8.86. The van der Waals surface area contributed by atoms with E-state index in [2.05, 4.69) is 17.6 Å². The zero-order valence-corrected chi connectivity index (χ0v) is 20.7. The Kier molecular flexibility index (Phi) is 9.44. The van der Waals surface area contributed by atoms with Gasteiger partial charge >= 0.3 is 0 Å². The Morgan fingerprint density at radius 2 is 1.68 bits per heavy atom. The van der Waals surface area contributed by atoms with Crippen LogP contribution in [-0.4, -0.2) is 39.9 Å². The molecule has 0 saturated heterocycles. The summed E-state index contributed by atoms with van der Waals surface area (Å²) in [5.74, 6) is -2.48. The quantitative estimate of drug-likeness (QED) is 0.212. The zero-order chi connectivity index (χ0) is 25.6. The van der Waals surface area contributed by atoms with Gasteiger partial charge in [-0.2, -0.15) is 0 Å². The lowest BCUT2D eigenvalue weighted by molar-refractivity contribution is -0.119. The highest BCUT2D eigenvalue weighted by Crippen LogP contribution is 2.25. The van der Waals surface area contributed by atoms with Crippen LogP contribution in [-0.2, 0) is 22.6 Å². The molecular formula is C26H38N6O2. The number of hydrogen-bond acceptors (Lipinski definition) is 6. The number of nitrogens with one attached hydrogen (secondary N) is 3. The molecule has 0 fully saturated rings. The van der Waals surface area contributed by atoms with E-state index in [-0.39, 0.29) is 29.7 Å². The minimum atomic E-state index is -0.893. The summed E-state index contributed by atoms with van der Waals surface area (Å²) in [6, 6.07) is 7.83. The molecule has 0 bridgehead atoms. The second-order valence-corrected chi connectivity index (χ2v) is 8.86. The van der Waals surface area contributed by atoms with Crippen LogP contribution in [0.15, 0.2) is 24.3 Å². The van der Waals surface area contributed by atoms with Gasteiger partial charge in [0.05, 0.1) is 17.3 Å². The van der Waals surface area contributed by atoms with Gasteiger partial charge in [0.15, 0.2) is 11.6 Å². The van der Waals surface area contributed by atoms with Crippen molar-refractivity contribution in [1.29, 1.82) is 16.2 Å². The van der Waals surface area contributed by atoms with Gasteiger partial charge in [-0.3, -0.25) is 15.0 Å². The normalized spacial score (nSPS) is 13.9. The fourth-order valence-electron chi connectivity index (χ4n) is 4.39. The van der Waals surface area contributed by atoms with Gasteiger partial charge in [0.1, 0.15) is 5.84 Å². The van der Waals surface area contributed by atoms with Gasteiger partial charge in [-0.1, -0.05) is 32.9 Å². The maximum atomic E-state index is 13.1. The fourth-order valence-corrected chi connectivity index (χ4v) is 4.39. The first-order valence-electron chi connectivity index (χ1n) is 12.0. The Morgan fingerprint density at radius 3 is 2.21 bits per heavy atom. The monoisotopic (exact) mass is 466 g/mol. The first-order valence-corrected chi connectivity index (χ1v) is 12.0. The van der Waals surface area contributed by atoms with Crippen LogP contribution >= 0.6 is 0 Å². The van der Waals surface area contributed by atoms with Crippen LogP contribution in [0.1, 0.15) is 58.2 Å². The number of carbonyl (C=O) groups excluding carboxylic acids is 2. The third kappa shape index (κ3) is 5.67. The van der Waals surface area contributed by atoms with Crippen molar-refractivity contribution in [2.24, 2.45) is 29.2 Å². The van der Waals surface area contributed by atoms with E-state index >= 15 is 0 Å². The van der Waals surface area contributed by atoms with Crippen molar-refractivity contribution >= 4 is 39.7 Å². The van der Waals surface area contributed by atoms with E-state index in [4.69, 9.17) is 27.7 Å². The molecule has 0 amide bonds. The maximum absolute atomic E-state index is 13.1. The van der Waals surface area contributed by atoms with Crippen LogP contribution in [0.4, 0.5) is 0 Å². The van der Waals surface area contributed by atoms with Gasteiger partial charge in [0.25, 0.3) is 0 Å². The van der Waals surface area contributed by atoms with E-state index in [1.165, 1.54) is 0 Å². The highest BCUT2D eigenvalue weighted by Gasteiger charge is 2.33. The van der Waals surface area contributed by atoms with E-state index in [1.807, 2.05) is 25.1 Å². The summed E-state index contributed by atoms with van der Waals surface area (Å²) in [4.78, 5) is 25.5. The van der Waals surface area contributed by atoms with Crippen LogP contribution in [0.5, 0.6) is 0 Å². The number of amidine groups is 1. The Hall–Kier alpha value is -3.13. The minimum absolute atomic E-state index is 0.00896. The number of nitrogens with zero attached hydrogens (tertiary/aromatic N) is 1. The Labute approximate surface area is 201 Å². The Bertz CT molecular complexity index is 1100. The second kappa shape index (κ2) is 11.8. The van der Waals surface area contributed by atoms with Crippen LogP contribution in [0.25, 0.3) is 10.9 Å². The van der Waals surface area contributed by atoms with E-state index in [1.54, 1.807) is 13.8 Å². The van der Waals surface area contributed by atoms with E-state index in [0.29, 0.717) is 31.2 Å². The number of fused-ring (bicyclic) bond motifs is 1. The van der Waals surface area contributed by atoms with Crippen LogP contribution in [0, 0.1) is 34.0 Å². The summed E-state index contributed by atoms with van der Waals surface area (Å²) >= 11 is 0. The van der Waals surface area contributed by atoms with Crippen molar-refractivity contribution in [2.45, 2.75) is 59.9 Å². The first kappa shape index (κ1) is 27.1. The van der Waals surface area contributed by atoms with Crippen molar-refractivity contribution in [3.8, 4) is 0 Å². The van der Waals surface area contributed by atoms with Gasteiger partial charge in [-0.25, -0.2) is 0 Å². The summed E-state index contributed by atoms with van der Waals surface area (Å²) < 4.78 is 2.18. The number of benzene rings is 1. The number of aryl methyl sites for hydroxylation is 2. The van der Waals surface area contributed by atoms with Crippen LogP contribution in [0.3, 0.4) is 0 Å². The molecule has 0 aliphatic carbocycles. The van der Waals surface area contributed by atoms with Crippen molar-refractivity contribution in [2.75, 3.05) is 6.54 Å². The van der Waals surface area contributed by atoms with Crippen molar-refractivity contribution in [3.63, 3.8) is 0 Å². The van der Waals surface area contributed by atoms with Crippen molar-refractivity contribution < 1.29 is 9.59 Å². The number of nitrogen functional groups attached to an aromatic ring is 1. The molecular weight excluding hydrogens is 428 g/mol. The lowest BCUT2D eigenvalue weighted by Gasteiger charge is -2.21. The molecule has 7 N–H and O–H groups in total. The van der Waals surface area contributed by atoms with Crippen LogP contribution in [0.2, 0.25) is 0 Å². The molecule has 34 heavy (non-hydrogen) atoms. The van der Waals surface area contributed by atoms with Gasteiger partial charge in [0.2, 0.25) is 0 Å². The third-order valence-corrected chi connectivity index (χ3v) is 6.67.